The van der Waals surface area contributed by atoms with Crippen LogP contribution in [0.5, 0.6) is 5.75 Å². The molecule has 1 amide bonds. The van der Waals surface area contributed by atoms with Crippen molar-refractivity contribution >= 4 is 31.5 Å². The number of unbranched alkanes of at least 4 members (excludes halogenated alkanes) is 1. The number of rotatable bonds is 8. The Bertz CT molecular complexity index is 749. The molecular weight excluding hydrogens is 404 g/mol. The van der Waals surface area contributed by atoms with Gasteiger partial charge in [0.05, 0.1) is 17.3 Å². The molecule has 0 fully saturated rings. The second-order valence-corrected chi connectivity index (χ2v) is 14.6. The normalized spacial score (nSPS) is 17.7. The molecule has 0 radical (unpaired) electrons. The summed E-state index contributed by atoms with van der Waals surface area (Å²) in [6, 6.07) is 3.89. The highest BCUT2D eigenvalue weighted by molar-refractivity contribution is 6.74. The molecule has 7 heteroatoms. The van der Waals surface area contributed by atoms with E-state index in [4.69, 9.17) is 20.8 Å². The van der Waals surface area contributed by atoms with Gasteiger partial charge < -0.3 is 9.16 Å². The summed E-state index contributed by atoms with van der Waals surface area (Å²) in [6.07, 6.45) is 2.32. The predicted octanol–water partition coefficient (Wildman–Crippen LogP) is 5.69. The number of nitrogens with one attached hydrogen (secondary N) is 1. The van der Waals surface area contributed by atoms with Crippen LogP contribution >= 0.6 is 11.6 Å². The lowest BCUT2D eigenvalue weighted by atomic mass is 9.93. The zero-order chi connectivity index (χ0) is 21.8. The van der Waals surface area contributed by atoms with Gasteiger partial charge in [-0.2, -0.15) is 5.10 Å². The smallest absolute Gasteiger partial charge is 0.240 e. The first kappa shape index (κ1) is 23.9. The van der Waals surface area contributed by atoms with Crippen LogP contribution in [0.2, 0.25) is 23.2 Å². The average Bonchev–Trinajstić information content (AvgIpc) is 2.58. The topological polar surface area (TPSA) is 59.9 Å². The van der Waals surface area contributed by atoms with Crippen LogP contribution in [0.1, 0.15) is 58.1 Å². The lowest BCUT2D eigenvalue weighted by Gasteiger charge is -2.36. The fourth-order valence-corrected chi connectivity index (χ4v) is 4.39. The fourth-order valence-electron chi connectivity index (χ4n) is 2.99. The largest absolute Gasteiger partial charge is 0.492 e. The van der Waals surface area contributed by atoms with Crippen molar-refractivity contribution in [1.29, 1.82) is 0 Å². The minimum absolute atomic E-state index is 0.0541. The first-order valence-electron chi connectivity index (χ1n) is 10.4. The van der Waals surface area contributed by atoms with Crippen molar-refractivity contribution < 1.29 is 14.0 Å². The van der Waals surface area contributed by atoms with Crippen molar-refractivity contribution in [2.45, 2.75) is 72.0 Å². The van der Waals surface area contributed by atoms with Gasteiger partial charge in [0.2, 0.25) is 5.91 Å². The number of ether oxygens (including phenoxy) is 1. The average molecular weight is 439 g/mol. The summed E-state index contributed by atoms with van der Waals surface area (Å²) in [7, 11) is -1.68. The Morgan fingerprint density at radius 1 is 1.24 bits per heavy atom. The van der Waals surface area contributed by atoms with Crippen LogP contribution in [-0.2, 0) is 9.22 Å². The van der Waals surface area contributed by atoms with Gasteiger partial charge in [0.1, 0.15) is 5.75 Å². The van der Waals surface area contributed by atoms with E-state index in [0.29, 0.717) is 23.8 Å². The number of halogens is 1. The van der Waals surface area contributed by atoms with Crippen LogP contribution < -0.4 is 10.2 Å². The summed E-state index contributed by atoms with van der Waals surface area (Å²) >= 11 is 6.49. The molecule has 1 aromatic rings. The van der Waals surface area contributed by atoms with E-state index in [1.165, 1.54) is 0 Å². The van der Waals surface area contributed by atoms with E-state index in [0.717, 1.165) is 36.3 Å². The number of aryl methyl sites for hydroxylation is 1. The molecule has 2 rings (SSSR count). The molecule has 1 heterocycles. The van der Waals surface area contributed by atoms with Crippen LogP contribution in [0.15, 0.2) is 17.2 Å². The molecule has 0 aliphatic carbocycles. The highest BCUT2D eigenvalue weighted by Crippen LogP contribution is 2.36. The lowest BCUT2D eigenvalue weighted by molar-refractivity contribution is -0.121. The Morgan fingerprint density at radius 2 is 1.90 bits per heavy atom. The fraction of sp³-hybridized carbons (Fsp3) is 0.636. The summed E-state index contributed by atoms with van der Waals surface area (Å²) < 4.78 is 12.2. The standard InChI is InChI=1S/C22H35ClN2O3Si/c1-15-13-19(26)24-25-20(15)17-12-16(2)21(18(23)14-17)27-10-8-9-11-28-29(6,7)22(3,4)5/h12,14-15H,8-11,13H2,1-7H3,(H,24,26). The quantitative estimate of drug-likeness (QED) is 0.419. The molecular formula is C22H35ClN2O3Si. The van der Waals surface area contributed by atoms with E-state index >= 15 is 0 Å². The number of hydrazone groups is 1. The molecule has 1 aromatic carbocycles. The number of hydrogen-bond donors (Lipinski definition) is 1. The summed E-state index contributed by atoms with van der Waals surface area (Å²) in [4.78, 5) is 11.5. The maximum atomic E-state index is 11.5. The molecule has 0 saturated carbocycles. The number of nitrogens with zero attached hydrogens (tertiary/aromatic N) is 1. The van der Waals surface area contributed by atoms with Crippen molar-refractivity contribution in [2.75, 3.05) is 13.2 Å². The monoisotopic (exact) mass is 438 g/mol. The van der Waals surface area contributed by atoms with E-state index in [1.807, 2.05) is 26.0 Å². The molecule has 0 spiro atoms. The van der Waals surface area contributed by atoms with E-state index in [9.17, 15) is 4.79 Å². The molecule has 0 aromatic heterocycles. The van der Waals surface area contributed by atoms with Crippen molar-refractivity contribution in [1.82, 2.24) is 5.43 Å². The molecule has 5 nitrogen and oxygen atoms in total. The lowest BCUT2D eigenvalue weighted by Crippen LogP contribution is -2.41. The number of benzene rings is 1. The van der Waals surface area contributed by atoms with Gasteiger partial charge in [-0.3, -0.25) is 4.79 Å². The van der Waals surface area contributed by atoms with Crippen molar-refractivity contribution in [3.63, 3.8) is 0 Å². The first-order chi connectivity index (χ1) is 13.4. The zero-order valence-corrected chi connectivity index (χ0v) is 20.6. The van der Waals surface area contributed by atoms with E-state index in [2.05, 4.69) is 44.4 Å². The zero-order valence-electron chi connectivity index (χ0n) is 18.8. The van der Waals surface area contributed by atoms with Gasteiger partial charge in [-0.15, -0.1) is 0 Å². The van der Waals surface area contributed by atoms with E-state index < -0.39 is 8.32 Å². The second-order valence-electron chi connectivity index (χ2n) is 9.41. The summed E-state index contributed by atoms with van der Waals surface area (Å²) in [5.41, 5.74) is 5.30. The Hall–Kier alpha value is -1.37. The number of carbonyl (C=O) groups is 1. The van der Waals surface area contributed by atoms with E-state index in [-0.39, 0.29) is 16.9 Å². The first-order valence-corrected chi connectivity index (χ1v) is 13.6. The Labute approximate surface area is 181 Å². The Morgan fingerprint density at radius 3 is 2.48 bits per heavy atom. The van der Waals surface area contributed by atoms with Crippen LogP contribution in [0, 0.1) is 12.8 Å². The molecule has 162 valence electrons. The molecule has 0 saturated heterocycles. The molecule has 1 N–H and O–H groups in total. The molecule has 1 atom stereocenters. The van der Waals surface area contributed by atoms with Crippen LogP contribution in [-0.4, -0.2) is 33.2 Å². The highest BCUT2D eigenvalue weighted by atomic mass is 35.5. The van der Waals surface area contributed by atoms with Crippen LogP contribution in [0.3, 0.4) is 0 Å². The van der Waals surface area contributed by atoms with Gasteiger partial charge >= 0.3 is 0 Å². The number of amides is 1. The maximum absolute atomic E-state index is 11.5. The van der Waals surface area contributed by atoms with E-state index in [1.54, 1.807) is 0 Å². The van der Waals surface area contributed by atoms with Crippen molar-refractivity contribution in [3.05, 3.63) is 28.3 Å². The van der Waals surface area contributed by atoms with Crippen LogP contribution in [0.25, 0.3) is 0 Å². The minimum Gasteiger partial charge on any atom is -0.492 e. The summed E-state index contributed by atoms with van der Waals surface area (Å²) in [5.74, 6) is 0.724. The summed E-state index contributed by atoms with van der Waals surface area (Å²) in [5, 5.41) is 5.02. The van der Waals surface area contributed by atoms with Gasteiger partial charge in [0, 0.05) is 24.5 Å². The Balaban J connectivity index is 1.89. The van der Waals surface area contributed by atoms with Crippen molar-refractivity contribution in [3.8, 4) is 5.75 Å². The number of carbonyl (C=O) groups excluding carboxylic acids is 1. The molecule has 1 aliphatic rings. The SMILES string of the molecule is Cc1cc(C2=NNC(=O)CC2C)cc(Cl)c1OCCCCO[Si](C)(C)C(C)(C)C. The third-order valence-electron chi connectivity index (χ3n) is 5.84. The molecule has 0 bridgehead atoms. The molecule has 29 heavy (non-hydrogen) atoms. The minimum atomic E-state index is -1.68. The summed E-state index contributed by atoms with van der Waals surface area (Å²) in [6.45, 7) is 16.7. The van der Waals surface area contributed by atoms with Gasteiger partial charge in [0.15, 0.2) is 8.32 Å². The van der Waals surface area contributed by atoms with Crippen molar-refractivity contribution in [2.24, 2.45) is 11.0 Å². The van der Waals surface area contributed by atoms with Gasteiger partial charge in [0.25, 0.3) is 0 Å². The van der Waals surface area contributed by atoms with Crippen LogP contribution in [0.4, 0.5) is 0 Å². The molecule has 1 aliphatic heterocycles. The van der Waals surface area contributed by atoms with Gasteiger partial charge in [-0.05, 0) is 55.6 Å². The highest BCUT2D eigenvalue weighted by Gasteiger charge is 2.36. The third-order valence-corrected chi connectivity index (χ3v) is 10.7. The Kier molecular flexibility index (Phi) is 7.93. The number of hydrogen-bond acceptors (Lipinski definition) is 4. The van der Waals surface area contributed by atoms with Gasteiger partial charge in [-0.1, -0.05) is 39.3 Å². The third kappa shape index (κ3) is 6.30. The second kappa shape index (κ2) is 9.62. The maximum Gasteiger partial charge on any atom is 0.240 e. The predicted molar refractivity (Wildman–Crippen MR) is 123 cm³/mol. The molecule has 1 unspecified atom stereocenters. The van der Waals surface area contributed by atoms with Gasteiger partial charge in [-0.25, -0.2) is 5.43 Å².